The molecule has 0 bridgehead atoms. The summed E-state index contributed by atoms with van der Waals surface area (Å²) < 4.78 is 29.4. The van der Waals surface area contributed by atoms with Crippen LogP contribution in [0.4, 0.5) is 0 Å². The standard InChI is InChI=1S/C40H46Cl2N4O6/c1-27-30(7-4-8-34(27)35-9-5-10-37(40(35)42)50-14-6-12-46-13-11-33(47)22-46)24-52-39-17-38(51-23-29-15-28(18-43)19-44-20-29)31(16-36(39)41)21-45-32(25-48-2)26-49-3/h4-5,7-10,15-17,19-20,32-33,45,47H,6,11-14,21-26H2,1-3H3/t33-/m1/s1. The Balaban J connectivity index is 1.30. The van der Waals surface area contributed by atoms with Crippen LogP contribution in [-0.4, -0.2) is 80.8 Å². The van der Waals surface area contributed by atoms with Gasteiger partial charge in [0.2, 0.25) is 0 Å². The lowest BCUT2D eigenvalue weighted by atomic mass is 9.96. The zero-order valence-corrected chi connectivity index (χ0v) is 31.4. The number of methoxy groups -OCH3 is 2. The van der Waals surface area contributed by atoms with Crippen molar-refractivity contribution < 1.29 is 28.8 Å². The number of benzene rings is 3. The van der Waals surface area contributed by atoms with E-state index < -0.39 is 0 Å². The van der Waals surface area contributed by atoms with Crippen molar-refractivity contribution in [2.75, 3.05) is 53.7 Å². The Labute approximate surface area is 316 Å². The molecule has 1 atom stereocenters. The number of pyridine rings is 1. The lowest BCUT2D eigenvalue weighted by Crippen LogP contribution is -2.36. The molecule has 276 valence electrons. The van der Waals surface area contributed by atoms with E-state index >= 15 is 0 Å². The van der Waals surface area contributed by atoms with Gasteiger partial charge in [0.1, 0.15) is 36.5 Å². The molecule has 1 aromatic heterocycles. The first-order valence-electron chi connectivity index (χ1n) is 17.3. The van der Waals surface area contributed by atoms with Crippen molar-refractivity contribution in [1.82, 2.24) is 15.2 Å². The Hall–Kier alpha value is -3.92. The summed E-state index contributed by atoms with van der Waals surface area (Å²) in [6.07, 6.45) is 4.64. The largest absolute Gasteiger partial charge is 0.492 e. The Morgan fingerprint density at radius 2 is 1.71 bits per heavy atom. The highest BCUT2D eigenvalue weighted by Gasteiger charge is 2.20. The summed E-state index contributed by atoms with van der Waals surface area (Å²) in [4.78, 5) is 6.41. The van der Waals surface area contributed by atoms with Gasteiger partial charge in [-0.3, -0.25) is 4.98 Å². The molecule has 0 spiro atoms. The lowest BCUT2D eigenvalue weighted by molar-refractivity contribution is 0.102. The van der Waals surface area contributed by atoms with E-state index in [1.807, 2.05) is 49.4 Å². The van der Waals surface area contributed by atoms with Gasteiger partial charge >= 0.3 is 0 Å². The number of hydrogen-bond donors (Lipinski definition) is 2. The second-order valence-electron chi connectivity index (χ2n) is 12.8. The highest BCUT2D eigenvalue weighted by molar-refractivity contribution is 6.35. The fourth-order valence-corrected chi connectivity index (χ4v) is 6.70. The summed E-state index contributed by atoms with van der Waals surface area (Å²) in [6.45, 7) is 6.94. The van der Waals surface area contributed by atoms with Crippen LogP contribution in [0.2, 0.25) is 10.0 Å². The molecule has 0 aliphatic carbocycles. The molecule has 0 saturated carbocycles. The van der Waals surface area contributed by atoms with E-state index in [2.05, 4.69) is 21.3 Å². The molecule has 10 nitrogen and oxygen atoms in total. The van der Waals surface area contributed by atoms with E-state index in [-0.39, 0.29) is 25.4 Å². The third kappa shape index (κ3) is 10.8. The van der Waals surface area contributed by atoms with Crippen molar-refractivity contribution in [1.29, 1.82) is 5.26 Å². The molecule has 0 amide bonds. The van der Waals surface area contributed by atoms with Gasteiger partial charge in [-0.1, -0.05) is 53.5 Å². The zero-order chi connectivity index (χ0) is 36.9. The van der Waals surface area contributed by atoms with Crippen molar-refractivity contribution in [2.45, 2.75) is 51.7 Å². The van der Waals surface area contributed by atoms with Crippen LogP contribution in [0.25, 0.3) is 11.1 Å². The highest BCUT2D eigenvalue weighted by atomic mass is 35.5. The number of ether oxygens (including phenoxy) is 5. The van der Waals surface area contributed by atoms with E-state index in [9.17, 15) is 10.4 Å². The summed E-state index contributed by atoms with van der Waals surface area (Å²) >= 11 is 13.7. The smallest absolute Gasteiger partial charge is 0.142 e. The van der Waals surface area contributed by atoms with Crippen LogP contribution < -0.4 is 19.5 Å². The second-order valence-corrected chi connectivity index (χ2v) is 13.6. The number of aliphatic hydroxyl groups excluding tert-OH is 1. The van der Waals surface area contributed by atoms with Crippen LogP contribution in [0, 0.1) is 18.3 Å². The quantitative estimate of drug-likeness (QED) is 0.0973. The first-order chi connectivity index (χ1) is 25.3. The maximum Gasteiger partial charge on any atom is 0.142 e. The molecule has 0 unspecified atom stereocenters. The number of rotatable bonds is 19. The Kier molecular flexibility index (Phi) is 15.0. The van der Waals surface area contributed by atoms with E-state index in [4.69, 9.17) is 46.9 Å². The fraction of sp³-hybridized carbons (Fsp3) is 0.400. The van der Waals surface area contributed by atoms with Gasteiger partial charge in [0.05, 0.1) is 47.6 Å². The summed E-state index contributed by atoms with van der Waals surface area (Å²) in [5, 5.41) is 23.5. The molecule has 4 aromatic rings. The van der Waals surface area contributed by atoms with Crippen molar-refractivity contribution in [3.8, 4) is 34.4 Å². The summed E-state index contributed by atoms with van der Waals surface area (Å²) in [5.41, 5.74) is 5.89. The minimum Gasteiger partial charge on any atom is -0.492 e. The summed E-state index contributed by atoms with van der Waals surface area (Å²) in [5.74, 6) is 1.69. The van der Waals surface area contributed by atoms with Crippen LogP contribution in [0.1, 0.15) is 40.7 Å². The average Bonchev–Trinajstić information content (AvgIpc) is 3.57. The highest BCUT2D eigenvalue weighted by Crippen LogP contribution is 2.39. The SMILES string of the molecule is COCC(COC)NCc1cc(Cl)c(OCc2cccc(-c3cccc(OCCCN4CC[C@@H](O)C4)c3Cl)c2C)cc1OCc1cncc(C#N)c1. The van der Waals surface area contributed by atoms with E-state index in [1.165, 1.54) is 6.20 Å². The molecule has 5 rings (SSSR count). The number of nitrogens with one attached hydrogen (secondary N) is 1. The molecule has 3 aromatic carbocycles. The van der Waals surface area contributed by atoms with Crippen molar-refractivity contribution >= 4 is 23.2 Å². The molecule has 1 saturated heterocycles. The van der Waals surface area contributed by atoms with Crippen molar-refractivity contribution in [2.24, 2.45) is 0 Å². The summed E-state index contributed by atoms with van der Waals surface area (Å²) in [6, 6.07) is 19.3. The Morgan fingerprint density at radius 3 is 2.46 bits per heavy atom. The monoisotopic (exact) mass is 748 g/mol. The third-order valence-electron chi connectivity index (χ3n) is 8.96. The minimum absolute atomic E-state index is 0.0410. The second kappa shape index (κ2) is 19.8. The van der Waals surface area contributed by atoms with Gasteiger partial charge < -0.3 is 39.0 Å². The molecular formula is C40H46Cl2N4O6. The maximum atomic E-state index is 9.78. The number of nitrogens with zero attached hydrogens (tertiary/aromatic N) is 3. The minimum atomic E-state index is -0.225. The van der Waals surface area contributed by atoms with Gasteiger partial charge in [-0.2, -0.15) is 5.26 Å². The lowest BCUT2D eigenvalue weighted by Gasteiger charge is -2.20. The topological polar surface area (TPSA) is 118 Å². The molecule has 1 fully saturated rings. The molecule has 2 N–H and O–H groups in total. The number of likely N-dealkylation sites (tertiary alicyclic amines) is 1. The van der Waals surface area contributed by atoms with Gasteiger partial charge in [0, 0.05) is 75.5 Å². The van der Waals surface area contributed by atoms with E-state index in [1.54, 1.807) is 32.5 Å². The molecule has 1 aliphatic rings. The Morgan fingerprint density at radius 1 is 0.942 bits per heavy atom. The van der Waals surface area contributed by atoms with E-state index in [0.29, 0.717) is 59.2 Å². The number of β-amino-alcohol motifs (C(OH)–C–C–N with tert-alkyl or cyclic N) is 1. The molecule has 1 aliphatic heterocycles. The van der Waals surface area contributed by atoms with Crippen molar-refractivity contribution in [3.63, 3.8) is 0 Å². The maximum absolute atomic E-state index is 9.78. The van der Waals surface area contributed by atoms with Crippen LogP contribution in [0.15, 0.2) is 67.0 Å². The fourth-order valence-electron chi connectivity index (χ4n) is 6.17. The van der Waals surface area contributed by atoms with Crippen LogP contribution in [-0.2, 0) is 29.2 Å². The van der Waals surface area contributed by atoms with E-state index in [0.717, 1.165) is 65.9 Å². The first kappa shape index (κ1) is 39.3. The van der Waals surface area contributed by atoms with Gasteiger partial charge in [-0.05, 0) is 54.7 Å². The third-order valence-corrected chi connectivity index (χ3v) is 9.64. The van der Waals surface area contributed by atoms with Gasteiger partial charge in [-0.15, -0.1) is 0 Å². The number of halogens is 2. The van der Waals surface area contributed by atoms with Crippen LogP contribution >= 0.6 is 23.2 Å². The number of aliphatic hydroxyl groups is 1. The predicted octanol–water partition coefficient (Wildman–Crippen LogP) is 6.98. The van der Waals surface area contributed by atoms with Gasteiger partial charge in [0.25, 0.3) is 0 Å². The number of hydrogen-bond acceptors (Lipinski definition) is 10. The number of aromatic nitrogens is 1. The van der Waals surface area contributed by atoms with Gasteiger partial charge in [0.15, 0.2) is 0 Å². The number of nitriles is 1. The zero-order valence-electron chi connectivity index (χ0n) is 29.9. The molecular weight excluding hydrogens is 703 g/mol. The molecule has 2 heterocycles. The molecule has 12 heteroatoms. The summed E-state index contributed by atoms with van der Waals surface area (Å²) in [7, 11) is 3.30. The normalized spacial score (nSPS) is 14.5. The molecule has 52 heavy (non-hydrogen) atoms. The molecule has 0 radical (unpaired) electrons. The van der Waals surface area contributed by atoms with Crippen LogP contribution in [0.5, 0.6) is 17.2 Å². The predicted molar refractivity (Wildman–Crippen MR) is 202 cm³/mol. The van der Waals surface area contributed by atoms with Gasteiger partial charge in [-0.25, -0.2) is 0 Å². The van der Waals surface area contributed by atoms with Crippen molar-refractivity contribution in [3.05, 3.63) is 105 Å². The first-order valence-corrected chi connectivity index (χ1v) is 18.1. The average molecular weight is 750 g/mol. The Bertz CT molecular complexity index is 1810. The van der Waals surface area contributed by atoms with Crippen LogP contribution in [0.3, 0.4) is 0 Å².